The van der Waals surface area contributed by atoms with Crippen LogP contribution in [0.2, 0.25) is 0 Å². The molecule has 0 rings (SSSR count). The van der Waals surface area contributed by atoms with E-state index in [4.69, 9.17) is 0 Å². The number of hydrogen-bond acceptors (Lipinski definition) is 2. The molecule has 0 saturated heterocycles. The van der Waals surface area contributed by atoms with Gasteiger partial charge in [0.1, 0.15) is 0 Å². The second-order valence-corrected chi connectivity index (χ2v) is 3.34. The zero-order valence-electron chi connectivity index (χ0n) is 9.51. The number of carbonyl (C=O) groups excluding carboxylic acids is 2. The summed E-state index contributed by atoms with van der Waals surface area (Å²) in [5.74, 6) is 0. The van der Waals surface area contributed by atoms with E-state index in [1.807, 2.05) is 13.8 Å². The normalized spacial score (nSPS) is 9.80. The molecule has 0 radical (unpaired) electrons. The standard InChI is InChI=1S/C10H21N3O2/c1-3-9(4-2)13-10(15)12-7-5-6-11-8-14/h8-9H,3-7H2,1-2H3,(H,11,14)(H2,12,13,15). The first-order valence-electron chi connectivity index (χ1n) is 5.45. The molecular weight excluding hydrogens is 194 g/mol. The third-order valence-electron chi connectivity index (χ3n) is 2.19. The Morgan fingerprint density at radius 2 is 1.93 bits per heavy atom. The molecule has 5 heteroatoms. The highest BCUT2D eigenvalue weighted by atomic mass is 16.2. The van der Waals surface area contributed by atoms with Crippen molar-refractivity contribution in [3.8, 4) is 0 Å². The predicted molar refractivity (Wildman–Crippen MR) is 59.6 cm³/mol. The molecule has 0 atom stereocenters. The maximum atomic E-state index is 11.3. The van der Waals surface area contributed by atoms with Gasteiger partial charge in [-0.25, -0.2) is 4.79 Å². The number of amides is 3. The van der Waals surface area contributed by atoms with E-state index in [0.717, 1.165) is 19.3 Å². The van der Waals surface area contributed by atoms with E-state index in [2.05, 4.69) is 16.0 Å². The van der Waals surface area contributed by atoms with E-state index in [1.54, 1.807) is 0 Å². The first kappa shape index (κ1) is 13.7. The summed E-state index contributed by atoms with van der Waals surface area (Å²) in [4.78, 5) is 21.2. The van der Waals surface area contributed by atoms with Crippen LogP contribution in [0, 0.1) is 0 Å². The quantitative estimate of drug-likeness (QED) is 0.410. The molecule has 0 unspecified atom stereocenters. The Morgan fingerprint density at radius 3 is 2.47 bits per heavy atom. The molecule has 0 aromatic carbocycles. The summed E-state index contributed by atoms with van der Waals surface area (Å²) in [5, 5.41) is 8.13. The van der Waals surface area contributed by atoms with Crippen LogP contribution in [0.15, 0.2) is 0 Å². The Labute approximate surface area is 91.0 Å². The maximum absolute atomic E-state index is 11.3. The highest BCUT2D eigenvalue weighted by molar-refractivity contribution is 5.74. The van der Waals surface area contributed by atoms with Crippen molar-refractivity contribution in [3.63, 3.8) is 0 Å². The lowest BCUT2D eigenvalue weighted by Crippen LogP contribution is -2.42. The minimum atomic E-state index is -0.130. The van der Waals surface area contributed by atoms with Crippen LogP contribution in [-0.2, 0) is 4.79 Å². The van der Waals surface area contributed by atoms with Crippen LogP contribution in [0.25, 0.3) is 0 Å². The highest BCUT2D eigenvalue weighted by Crippen LogP contribution is 1.94. The Balaban J connectivity index is 3.43. The predicted octanol–water partition coefficient (Wildman–Crippen LogP) is 0.610. The van der Waals surface area contributed by atoms with E-state index in [9.17, 15) is 9.59 Å². The van der Waals surface area contributed by atoms with Crippen LogP contribution >= 0.6 is 0 Å². The number of urea groups is 1. The molecule has 15 heavy (non-hydrogen) atoms. The van der Waals surface area contributed by atoms with Crippen molar-refractivity contribution in [2.24, 2.45) is 0 Å². The van der Waals surface area contributed by atoms with E-state index >= 15 is 0 Å². The van der Waals surface area contributed by atoms with Gasteiger partial charge in [-0.15, -0.1) is 0 Å². The number of hydrogen-bond donors (Lipinski definition) is 3. The average Bonchev–Trinajstić information content (AvgIpc) is 2.25. The van der Waals surface area contributed by atoms with Gasteiger partial charge in [-0.3, -0.25) is 4.79 Å². The molecule has 0 aliphatic carbocycles. The minimum absolute atomic E-state index is 0.130. The van der Waals surface area contributed by atoms with Crippen LogP contribution in [0.3, 0.4) is 0 Å². The monoisotopic (exact) mass is 215 g/mol. The molecule has 0 bridgehead atoms. The molecule has 5 nitrogen and oxygen atoms in total. The molecule has 0 aromatic rings. The molecule has 0 heterocycles. The van der Waals surface area contributed by atoms with Crippen LogP contribution in [0.1, 0.15) is 33.1 Å². The zero-order chi connectivity index (χ0) is 11.5. The highest BCUT2D eigenvalue weighted by Gasteiger charge is 2.06. The van der Waals surface area contributed by atoms with Crippen molar-refractivity contribution in [2.75, 3.05) is 13.1 Å². The number of carbonyl (C=O) groups is 2. The second kappa shape index (κ2) is 9.30. The summed E-state index contributed by atoms with van der Waals surface area (Å²) in [5.41, 5.74) is 0. The summed E-state index contributed by atoms with van der Waals surface area (Å²) in [6.45, 7) is 5.26. The molecular formula is C10H21N3O2. The van der Waals surface area contributed by atoms with Crippen LogP contribution < -0.4 is 16.0 Å². The molecule has 3 amide bonds. The fourth-order valence-corrected chi connectivity index (χ4v) is 1.18. The van der Waals surface area contributed by atoms with Crippen molar-refractivity contribution >= 4 is 12.4 Å². The molecule has 3 N–H and O–H groups in total. The van der Waals surface area contributed by atoms with Gasteiger partial charge < -0.3 is 16.0 Å². The van der Waals surface area contributed by atoms with Gasteiger partial charge in [-0.1, -0.05) is 13.8 Å². The second-order valence-electron chi connectivity index (χ2n) is 3.34. The van der Waals surface area contributed by atoms with Crippen LogP contribution in [-0.4, -0.2) is 31.6 Å². The molecule has 0 fully saturated rings. The van der Waals surface area contributed by atoms with Crippen molar-refractivity contribution in [3.05, 3.63) is 0 Å². The third kappa shape index (κ3) is 7.78. The first-order valence-corrected chi connectivity index (χ1v) is 5.45. The van der Waals surface area contributed by atoms with Gasteiger partial charge in [0.15, 0.2) is 0 Å². The Morgan fingerprint density at radius 1 is 1.27 bits per heavy atom. The van der Waals surface area contributed by atoms with E-state index in [0.29, 0.717) is 19.5 Å². The SMILES string of the molecule is CCC(CC)NC(=O)NCCCNC=O. The summed E-state index contributed by atoms with van der Waals surface area (Å²) in [6, 6.07) is 0.118. The molecule has 88 valence electrons. The molecule has 0 saturated carbocycles. The fourth-order valence-electron chi connectivity index (χ4n) is 1.18. The smallest absolute Gasteiger partial charge is 0.315 e. The van der Waals surface area contributed by atoms with E-state index < -0.39 is 0 Å². The fraction of sp³-hybridized carbons (Fsp3) is 0.800. The lowest BCUT2D eigenvalue weighted by molar-refractivity contribution is -0.109. The number of nitrogens with one attached hydrogen (secondary N) is 3. The van der Waals surface area contributed by atoms with Gasteiger partial charge >= 0.3 is 6.03 Å². The minimum Gasteiger partial charge on any atom is -0.359 e. The van der Waals surface area contributed by atoms with Gasteiger partial charge in [-0.2, -0.15) is 0 Å². The van der Waals surface area contributed by atoms with Gasteiger partial charge in [0.05, 0.1) is 0 Å². The topological polar surface area (TPSA) is 70.2 Å². The third-order valence-corrected chi connectivity index (χ3v) is 2.19. The molecule has 0 spiro atoms. The maximum Gasteiger partial charge on any atom is 0.315 e. The van der Waals surface area contributed by atoms with E-state index in [1.165, 1.54) is 0 Å². The van der Waals surface area contributed by atoms with Gasteiger partial charge in [0.25, 0.3) is 0 Å². The van der Waals surface area contributed by atoms with Gasteiger partial charge in [0.2, 0.25) is 6.41 Å². The average molecular weight is 215 g/mol. The van der Waals surface area contributed by atoms with Crippen molar-refractivity contribution in [1.29, 1.82) is 0 Å². The van der Waals surface area contributed by atoms with Crippen molar-refractivity contribution in [1.82, 2.24) is 16.0 Å². The molecule has 0 aliphatic rings. The Hall–Kier alpha value is -1.26. The van der Waals surface area contributed by atoms with Gasteiger partial charge in [-0.05, 0) is 19.3 Å². The zero-order valence-corrected chi connectivity index (χ0v) is 9.51. The summed E-state index contributed by atoms with van der Waals surface area (Å²) in [7, 11) is 0. The Kier molecular flexibility index (Phi) is 8.52. The van der Waals surface area contributed by atoms with Crippen LogP contribution in [0.4, 0.5) is 4.79 Å². The van der Waals surface area contributed by atoms with Crippen molar-refractivity contribution < 1.29 is 9.59 Å². The largest absolute Gasteiger partial charge is 0.359 e. The summed E-state index contributed by atoms with van der Waals surface area (Å²) in [6.07, 6.45) is 3.28. The summed E-state index contributed by atoms with van der Waals surface area (Å²) < 4.78 is 0. The van der Waals surface area contributed by atoms with E-state index in [-0.39, 0.29) is 12.1 Å². The van der Waals surface area contributed by atoms with Crippen molar-refractivity contribution in [2.45, 2.75) is 39.2 Å². The first-order chi connectivity index (χ1) is 7.24. The summed E-state index contributed by atoms with van der Waals surface area (Å²) >= 11 is 0. The lowest BCUT2D eigenvalue weighted by atomic mass is 10.2. The molecule has 0 aliphatic heterocycles. The number of rotatable bonds is 8. The van der Waals surface area contributed by atoms with Crippen LogP contribution in [0.5, 0.6) is 0 Å². The van der Waals surface area contributed by atoms with Gasteiger partial charge in [0, 0.05) is 19.1 Å². The molecule has 0 aromatic heterocycles. The Bertz CT molecular complexity index is 182. The lowest BCUT2D eigenvalue weighted by Gasteiger charge is -2.15.